The Labute approximate surface area is 219 Å². The number of fused-ring (bicyclic) bond motifs is 1. The van der Waals surface area contributed by atoms with Crippen molar-refractivity contribution in [2.75, 3.05) is 24.6 Å². The molecular weight excluding hydrogens is 488 g/mol. The third-order valence-electron chi connectivity index (χ3n) is 6.45. The van der Waals surface area contributed by atoms with Crippen molar-refractivity contribution in [1.29, 1.82) is 0 Å². The van der Waals surface area contributed by atoms with E-state index >= 15 is 0 Å². The smallest absolute Gasteiger partial charge is 0.227 e. The Bertz CT molecular complexity index is 1470. The molecule has 6 rings (SSSR count). The molecule has 3 aromatic carbocycles. The second-order valence-corrected chi connectivity index (χ2v) is 9.46. The van der Waals surface area contributed by atoms with Gasteiger partial charge in [0, 0.05) is 42.1 Å². The number of hydrogen-bond donors (Lipinski definition) is 0. The summed E-state index contributed by atoms with van der Waals surface area (Å²) in [5.74, 6) is 4.09. The maximum absolute atomic E-state index is 6.09. The molecule has 8 heteroatoms. The molecule has 0 radical (unpaired) electrons. The van der Waals surface area contributed by atoms with E-state index in [0.29, 0.717) is 40.5 Å². The summed E-state index contributed by atoms with van der Waals surface area (Å²) in [5, 5.41) is 0.666. The van der Waals surface area contributed by atoms with Crippen LogP contribution in [-0.2, 0) is 0 Å². The molecule has 186 valence electrons. The normalized spacial score (nSPS) is 14.1. The first-order valence-corrected chi connectivity index (χ1v) is 12.7. The van der Waals surface area contributed by atoms with Crippen LogP contribution >= 0.6 is 11.6 Å². The molecule has 2 aromatic heterocycles. The van der Waals surface area contributed by atoms with Gasteiger partial charge in [-0.2, -0.15) is 0 Å². The number of oxazole rings is 1. The zero-order chi connectivity index (χ0) is 25.0. The van der Waals surface area contributed by atoms with E-state index in [1.54, 1.807) is 24.5 Å². The molecule has 0 amide bonds. The maximum atomic E-state index is 6.09. The van der Waals surface area contributed by atoms with Crippen molar-refractivity contribution in [2.24, 2.45) is 5.92 Å². The van der Waals surface area contributed by atoms with Gasteiger partial charge >= 0.3 is 0 Å². The Morgan fingerprint density at radius 2 is 1.57 bits per heavy atom. The molecule has 0 atom stereocenters. The number of piperidine rings is 1. The average molecular weight is 513 g/mol. The summed E-state index contributed by atoms with van der Waals surface area (Å²) in [4.78, 5) is 15.6. The maximum Gasteiger partial charge on any atom is 0.227 e. The minimum atomic E-state index is 0.515. The Morgan fingerprint density at radius 3 is 2.32 bits per heavy atom. The fourth-order valence-corrected chi connectivity index (χ4v) is 4.52. The SMILES string of the molecule is Clc1ccc(Oc2ccc3nc(-c4ccc(OCC5CCN(c6ncccn6)CC5)cc4)oc3c2)cc1. The van der Waals surface area contributed by atoms with Gasteiger partial charge in [0.2, 0.25) is 11.8 Å². The minimum absolute atomic E-state index is 0.515. The molecule has 0 N–H and O–H groups in total. The Balaban J connectivity index is 1.05. The quantitative estimate of drug-likeness (QED) is 0.232. The van der Waals surface area contributed by atoms with Gasteiger partial charge in [0.1, 0.15) is 22.8 Å². The highest BCUT2D eigenvalue weighted by Gasteiger charge is 2.21. The van der Waals surface area contributed by atoms with Crippen LogP contribution in [0, 0.1) is 5.92 Å². The van der Waals surface area contributed by atoms with Crippen molar-refractivity contribution in [3.05, 3.63) is 90.2 Å². The van der Waals surface area contributed by atoms with E-state index in [0.717, 1.165) is 48.7 Å². The lowest BCUT2D eigenvalue weighted by Gasteiger charge is -2.31. The lowest BCUT2D eigenvalue weighted by molar-refractivity contribution is 0.222. The predicted molar refractivity (Wildman–Crippen MR) is 143 cm³/mol. The summed E-state index contributed by atoms with van der Waals surface area (Å²) in [5.41, 5.74) is 2.32. The van der Waals surface area contributed by atoms with Crippen LogP contribution in [0.4, 0.5) is 5.95 Å². The molecule has 0 unspecified atom stereocenters. The third kappa shape index (κ3) is 5.52. The highest BCUT2D eigenvalue weighted by molar-refractivity contribution is 6.30. The monoisotopic (exact) mass is 512 g/mol. The fourth-order valence-electron chi connectivity index (χ4n) is 4.39. The molecule has 0 spiro atoms. The zero-order valence-electron chi connectivity index (χ0n) is 20.1. The highest BCUT2D eigenvalue weighted by Crippen LogP contribution is 2.31. The number of nitrogens with zero attached hydrogens (tertiary/aromatic N) is 4. The van der Waals surface area contributed by atoms with E-state index in [-0.39, 0.29) is 0 Å². The molecule has 1 fully saturated rings. The summed E-state index contributed by atoms with van der Waals surface area (Å²) in [7, 11) is 0. The van der Waals surface area contributed by atoms with Gasteiger partial charge in [0.15, 0.2) is 5.58 Å². The average Bonchev–Trinajstić information content (AvgIpc) is 3.38. The van der Waals surface area contributed by atoms with Crippen LogP contribution in [0.25, 0.3) is 22.6 Å². The summed E-state index contributed by atoms with van der Waals surface area (Å²) >= 11 is 5.95. The summed E-state index contributed by atoms with van der Waals surface area (Å²) in [6.07, 6.45) is 5.69. The minimum Gasteiger partial charge on any atom is -0.493 e. The van der Waals surface area contributed by atoms with Gasteiger partial charge in [-0.3, -0.25) is 0 Å². The molecule has 5 aromatic rings. The molecule has 0 saturated carbocycles. The molecule has 3 heterocycles. The lowest BCUT2D eigenvalue weighted by Crippen LogP contribution is -2.36. The zero-order valence-corrected chi connectivity index (χ0v) is 20.8. The van der Waals surface area contributed by atoms with Gasteiger partial charge in [0.25, 0.3) is 0 Å². The molecule has 1 aliphatic heterocycles. The number of ether oxygens (including phenoxy) is 2. The molecule has 0 bridgehead atoms. The highest BCUT2D eigenvalue weighted by atomic mass is 35.5. The van der Waals surface area contributed by atoms with E-state index in [9.17, 15) is 0 Å². The molecule has 1 aliphatic rings. The first kappa shape index (κ1) is 23.3. The van der Waals surface area contributed by atoms with Gasteiger partial charge in [-0.05, 0) is 85.5 Å². The number of aromatic nitrogens is 3. The predicted octanol–water partition coefficient (Wildman–Crippen LogP) is 7.03. The van der Waals surface area contributed by atoms with Gasteiger partial charge in [-0.25, -0.2) is 15.0 Å². The number of anilines is 1. The van der Waals surface area contributed by atoms with Crippen molar-refractivity contribution < 1.29 is 13.9 Å². The van der Waals surface area contributed by atoms with E-state index in [1.165, 1.54) is 0 Å². The first-order valence-electron chi connectivity index (χ1n) is 12.3. The topological polar surface area (TPSA) is 73.5 Å². The molecule has 0 aliphatic carbocycles. The van der Waals surface area contributed by atoms with E-state index in [2.05, 4.69) is 19.9 Å². The summed E-state index contributed by atoms with van der Waals surface area (Å²) in [6, 6.07) is 22.5. The van der Waals surface area contributed by atoms with Crippen LogP contribution in [0.2, 0.25) is 5.02 Å². The van der Waals surface area contributed by atoms with Gasteiger partial charge < -0.3 is 18.8 Å². The van der Waals surface area contributed by atoms with Crippen LogP contribution in [0.15, 0.2) is 89.6 Å². The van der Waals surface area contributed by atoms with Crippen molar-refractivity contribution >= 4 is 28.6 Å². The summed E-state index contributed by atoms with van der Waals surface area (Å²) < 4.78 is 18.0. The van der Waals surface area contributed by atoms with Crippen LogP contribution in [-0.4, -0.2) is 34.6 Å². The molecular formula is C29H25ClN4O3. The molecule has 37 heavy (non-hydrogen) atoms. The largest absolute Gasteiger partial charge is 0.493 e. The van der Waals surface area contributed by atoms with E-state index in [4.69, 9.17) is 25.5 Å². The Kier molecular flexibility index (Phi) is 6.60. The fraction of sp³-hybridized carbons (Fsp3) is 0.207. The first-order chi connectivity index (χ1) is 18.2. The van der Waals surface area contributed by atoms with E-state index < -0.39 is 0 Å². The van der Waals surface area contributed by atoms with Crippen LogP contribution in [0.1, 0.15) is 12.8 Å². The molecule has 1 saturated heterocycles. The van der Waals surface area contributed by atoms with Crippen molar-refractivity contribution in [1.82, 2.24) is 15.0 Å². The summed E-state index contributed by atoms with van der Waals surface area (Å²) in [6.45, 7) is 2.59. The van der Waals surface area contributed by atoms with Crippen LogP contribution in [0.5, 0.6) is 17.2 Å². The van der Waals surface area contributed by atoms with E-state index in [1.807, 2.05) is 60.7 Å². The second-order valence-electron chi connectivity index (χ2n) is 9.02. The number of benzene rings is 3. The van der Waals surface area contributed by atoms with Gasteiger partial charge in [-0.1, -0.05) is 11.6 Å². The lowest BCUT2D eigenvalue weighted by atomic mass is 9.98. The van der Waals surface area contributed by atoms with Gasteiger partial charge in [-0.15, -0.1) is 0 Å². The molecule has 7 nitrogen and oxygen atoms in total. The van der Waals surface area contributed by atoms with Crippen LogP contribution < -0.4 is 14.4 Å². The number of hydrogen-bond acceptors (Lipinski definition) is 7. The van der Waals surface area contributed by atoms with Gasteiger partial charge in [0.05, 0.1) is 6.61 Å². The Morgan fingerprint density at radius 1 is 0.865 bits per heavy atom. The van der Waals surface area contributed by atoms with Crippen molar-refractivity contribution in [3.8, 4) is 28.7 Å². The number of rotatable bonds is 7. The standard InChI is InChI=1S/C29H25ClN4O3/c30-22-4-8-24(9-5-22)36-25-10-11-26-27(18-25)37-28(33-26)21-2-6-23(7-3-21)35-19-20-12-16-34(17-13-20)29-31-14-1-15-32-29/h1-11,14-15,18,20H,12-13,16-17,19H2. The van der Waals surface area contributed by atoms with Crippen molar-refractivity contribution in [2.45, 2.75) is 12.8 Å². The Hall–Kier alpha value is -4.10. The van der Waals surface area contributed by atoms with Crippen LogP contribution in [0.3, 0.4) is 0 Å². The second kappa shape index (κ2) is 10.5. The van der Waals surface area contributed by atoms with Crippen molar-refractivity contribution in [3.63, 3.8) is 0 Å². The third-order valence-corrected chi connectivity index (χ3v) is 6.70. The number of halogens is 1.